The van der Waals surface area contributed by atoms with Crippen LogP contribution in [0.1, 0.15) is 26.7 Å². The zero-order valence-electron chi connectivity index (χ0n) is 9.18. The molecule has 0 saturated heterocycles. The fourth-order valence-corrected chi connectivity index (χ4v) is 2.82. The van der Waals surface area contributed by atoms with Crippen LogP contribution >= 0.6 is 0 Å². The second-order valence-electron chi connectivity index (χ2n) is 4.87. The van der Waals surface area contributed by atoms with E-state index < -0.39 is 0 Å². The Hall–Kier alpha value is -1.37. The Balaban J connectivity index is 2.28. The molecule has 0 heterocycles. The lowest BCUT2D eigenvalue weighted by molar-refractivity contribution is -0.112. The third kappa shape index (κ3) is 0.909. The first kappa shape index (κ1) is 8.90. The number of rotatable bonds is 0. The Kier molecular flexibility index (Phi) is 1.43. The van der Waals surface area contributed by atoms with Crippen LogP contribution in [0.4, 0.5) is 0 Å². The number of fused-ring (bicyclic) bond motifs is 1. The fourth-order valence-electron chi connectivity index (χ4n) is 2.82. The molecule has 76 valence electrons. The van der Waals surface area contributed by atoms with Gasteiger partial charge in [0.05, 0.1) is 0 Å². The summed E-state index contributed by atoms with van der Waals surface area (Å²) < 4.78 is 0. The van der Waals surface area contributed by atoms with Crippen LogP contribution in [0.15, 0.2) is 46.6 Å². The van der Waals surface area contributed by atoms with Crippen LogP contribution < -0.4 is 0 Å². The molecule has 15 heavy (non-hydrogen) atoms. The van der Waals surface area contributed by atoms with Gasteiger partial charge < -0.3 is 0 Å². The third-order valence-electron chi connectivity index (χ3n) is 4.00. The minimum Gasteiger partial charge on any atom is -0.289 e. The van der Waals surface area contributed by atoms with E-state index in [1.165, 1.54) is 16.7 Å². The monoisotopic (exact) mass is 198 g/mol. The zero-order chi connectivity index (χ0) is 10.8. The van der Waals surface area contributed by atoms with Crippen molar-refractivity contribution >= 4 is 5.78 Å². The van der Waals surface area contributed by atoms with Gasteiger partial charge in [-0.05, 0) is 43.9 Å². The largest absolute Gasteiger partial charge is 0.289 e. The van der Waals surface area contributed by atoms with Gasteiger partial charge in [-0.1, -0.05) is 18.2 Å². The van der Waals surface area contributed by atoms with Crippen LogP contribution in [0.3, 0.4) is 0 Å². The van der Waals surface area contributed by atoms with Gasteiger partial charge in [-0.2, -0.15) is 0 Å². The van der Waals surface area contributed by atoms with E-state index >= 15 is 0 Å². The van der Waals surface area contributed by atoms with Gasteiger partial charge in [0.25, 0.3) is 0 Å². The molecular formula is C14H14O. The quantitative estimate of drug-likeness (QED) is 0.546. The summed E-state index contributed by atoms with van der Waals surface area (Å²) in [7, 11) is 0. The molecule has 0 aromatic carbocycles. The van der Waals surface area contributed by atoms with Crippen LogP contribution in [0.2, 0.25) is 0 Å². The molecule has 3 aliphatic carbocycles. The molecule has 1 nitrogen and oxygen atoms in total. The summed E-state index contributed by atoms with van der Waals surface area (Å²) >= 11 is 0. The topological polar surface area (TPSA) is 17.1 Å². The Labute approximate surface area is 89.9 Å². The number of allylic oxidation sites excluding steroid dienone is 7. The normalized spacial score (nSPS) is 26.8. The molecule has 0 aliphatic heterocycles. The van der Waals surface area contributed by atoms with E-state index in [0.29, 0.717) is 0 Å². The lowest BCUT2D eigenvalue weighted by Crippen LogP contribution is -2.23. The van der Waals surface area contributed by atoms with E-state index in [1.807, 2.05) is 13.0 Å². The maximum absolute atomic E-state index is 12.1. The average molecular weight is 198 g/mol. The average Bonchev–Trinajstić information content (AvgIpc) is 2.92. The molecule has 1 heteroatoms. The van der Waals surface area contributed by atoms with Crippen molar-refractivity contribution in [1.82, 2.24) is 0 Å². The molecule has 0 atom stereocenters. The number of carbonyl (C=O) groups excluding carboxylic acids is 1. The van der Waals surface area contributed by atoms with Crippen LogP contribution in [0, 0.1) is 5.41 Å². The molecule has 3 rings (SSSR count). The van der Waals surface area contributed by atoms with Gasteiger partial charge in [0.1, 0.15) is 0 Å². The lowest BCUT2D eigenvalue weighted by atomic mass is 9.75. The second-order valence-corrected chi connectivity index (χ2v) is 4.87. The van der Waals surface area contributed by atoms with Gasteiger partial charge in [0.2, 0.25) is 0 Å². The highest BCUT2D eigenvalue weighted by Gasteiger charge is 2.53. The first-order valence-electron chi connectivity index (χ1n) is 5.42. The predicted octanol–water partition coefficient (Wildman–Crippen LogP) is 3.11. The van der Waals surface area contributed by atoms with E-state index in [1.54, 1.807) is 0 Å². The van der Waals surface area contributed by atoms with Gasteiger partial charge >= 0.3 is 0 Å². The molecule has 0 aromatic heterocycles. The van der Waals surface area contributed by atoms with Crippen molar-refractivity contribution in [3.05, 3.63) is 46.6 Å². The summed E-state index contributed by atoms with van der Waals surface area (Å²) in [6.45, 7) is 8.20. The maximum Gasteiger partial charge on any atom is 0.189 e. The number of Topliss-reactive ketones (excluding diaryl/α,β-unsaturated/α-hetero) is 1. The van der Waals surface area contributed by atoms with E-state index in [-0.39, 0.29) is 11.2 Å². The summed E-state index contributed by atoms with van der Waals surface area (Å²) in [4.78, 5) is 12.1. The van der Waals surface area contributed by atoms with Crippen molar-refractivity contribution in [1.29, 1.82) is 0 Å². The smallest absolute Gasteiger partial charge is 0.189 e. The van der Waals surface area contributed by atoms with Crippen molar-refractivity contribution in [3.8, 4) is 0 Å². The van der Waals surface area contributed by atoms with E-state index in [0.717, 1.165) is 24.0 Å². The van der Waals surface area contributed by atoms with Gasteiger partial charge in [-0.3, -0.25) is 4.79 Å². The Morgan fingerprint density at radius 1 is 1.27 bits per heavy atom. The molecule has 0 aromatic rings. The molecule has 0 bridgehead atoms. The predicted molar refractivity (Wildman–Crippen MR) is 60.4 cm³/mol. The highest BCUT2D eigenvalue weighted by Crippen LogP contribution is 2.61. The molecule has 3 aliphatic rings. The van der Waals surface area contributed by atoms with E-state index in [4.69, 9.17) is 0 Å². The number of ketones is 1. The summed E-state index contributed by atoms with van der Waals surface area (Å²) in [6, 6.07) is 0. The van der Waals surface area contributed by atoms with Crippen LogP contribution in [0.25, 0.3) is 0 Å². The number of hydrogen-bond acceptors (Lipinski definition) is 1. The van der Waals surface area contributed by atoms with Gasteiger partial charge in [-0.25, -0.2) is 0 Å². The fraction of sp³-hybridized carbons (Fsp3) is 0.357. The van der Waals surface area contributed by atoms with Crippen LogP contribution in [-0.4, -0.2) is 5.78 Å². The van der Waals surface area contributed by atoms with Gasteiger partial charge in [-0.15, -0.1) is 0 Å². The standard InChI is InChI=1S/C14H14O/c1-8-6-11-9(2)14(4-5-14)10(3)13(15)12(11)7-8/h6-7H,3-5H2,1-2H3. The van der Waals surface area contributed by atoms with Crippen LogP contribution in [-0.2, 0) is 4.79 Å². The van der Waals surface area contributed by atoms with Gasteiger partial charge in [0.15, 0.2) is 5.78 Å². The Bertz CT molecular complexity index is 493. The minimum atomic E-state index is 0.0465. The molecule has 1 fully saturated rings. The molecule has 1 spiro atoms. The highest BCUT2D eigenvalue weighted by atomic mass is 16.1. The molecule has 0 unspecified atom stereocenters. The molecular weight excluding hydrogens is 184 g/mol. The Morgan fingerprint density at radius 2 is 1.93 bits per heavy atom. The van der Waals surface area contributed by atoms with Crippen molar-refractivity contribution < 1.29 is 4.79 Å². The second kappa shape index (κ2) is 2.41. The van der Waals surface area contributed by atoms with Crippen molar-refractivity contribution in [2.75, 3.05) is 0 Å². The van der Waals surface area contributed by atoms with Crippen molar-refractivity contribution in [2.45, 2.75) is 26.7 Å². The summed E-state index contributed by atoms with van der Waals surface area (Å²) in [5.41, 5.74) is 5.44. The zero-order valence-corrected chi connectivity index (χ0v) is 9.18. The van der Waals surface area contributed by atoms with Crippen molar-refractivity contribution in [2.24, 2.45) is 5.41 Å². The third-order valence-corrected chi connectivity index (χ3v) is 4.00. The Morgan fingerprint density at radius 3 is 2.53 bits per heavy atom. The SMILES string of the molecule is C=C1C(=O)C2=CC(C)=CC2=C(C)C12CC2. The minimum absolute atomic E-state index is 0.0465. The summed E-state index contributed by atoms with van der Waals surface area (Å²) in [5.74, 6) is 0.168. The molecule has 1 saturated carbocycles. The highest BCUT2D eigenvalue weighted by molar-refractivity contribution is 6.15. The maximum atomic E-state index is 12.1. The molecule has 0 amide bonds. The number of hydrogen-bond donors (Lipinski definition) is 0. The first-order chi connectivity index (χ1) is 7.06. The first-order valence-corrected chi connectivity index (χ1v) is 5.42. The molecule has 0 radical (unpaired) electrons. The van der Waals surface area contributed by atoms with E-state index in [2.05, 4.69) is 19.6 Å². The summed E-state index contributed by atoms with van der Waals surface area (Å²) in [6.07, 6.45) is 6.33. The van der Waals surface area contributed by atoms with E-state index in [9.17, 15) is 4.79 Å². The van der Waals surface area contributed by atoms with Gasteiger partial charge in [0, 0.05) is 16.6 Å². The van der Waals surface area contributed by atoms with Crippen molar-refractivity contribution in [3.63, 3.8) is 0 Å². The summed E-state index contributed by atoms with van der Waals surface area (Å²) in [5, 5.41) is 0. The molecule has 0 N–H and O–H groups in total. The lowest BCUT2D eigenvalue weighted by Gasteiger charge is -2.27. The number of carbonyl (C=O) groups is 1. The van der Waals surface area contributed by atoms with Crippen LogP contribution in [0.5, 0.6) is 0 Å².